The molecule has 0 spiro atoms. The third-order valence-electron chi connectivity index (χ3n) is 3.14. The van der Waals surface area contributed by atoms with E-state index in [2.05, 4.69) is 9.71 Å². The van der Waals surface area contributed by atoms with Gasteiger partial charge in [-0.25, -0.2) is 13.1 Å². The quantitative estimate of drug-likeness (QED) is 0.652. The lowest BCUT2D eigenvalue weighted by Gasteiger charge is -2.09. The first-order chi connectivity index (χ1) is 9.63. The van der Waals surface area contributed by atoms with E-state index < -0.39 is 10.0 Å². The standard InChI is InChI=1S/C13H21N3O3S/c14-9-12-13(3-1-6-15-12)20(17,18)16-7-2-8-19-10-11-4-5-11/h1,3,6,11,16H,2,4-5,7-10,14H2. The number of nitrogens with zero attached hydrogens (tertiary/aromatic N) is 1. The van der Waals surface area contributed by atoms with Gasteiger partial charge in [0.15, 0.2) is 0 Å². The van der Waals surface area contributed by atoms with Gasteiger partial charge in [0, 0.05) is 32.5 Å². The van der Waals surface area contributed by atoms with Gasteiger partial charge in [0.05, 0.1) is 5.69 Å². The molecule has 1 aliphatic rings. The van der Waals surface area contributed by atoms with Crippen molar-refractivity contribution < 1.29 is 13.2 Å². The summed E-state index contributed by atoms with van der Waals surface area (Å²) >= 11 is 0. The van der Waals surface area contributed by atoms with Gasteiger partial charge in [-0.1, -0.05) is 0 Å². The number of sulfonamides is 1. The van der Waals surface area contributed by atoms with Crippen LogP contribution in [0.4, 0.5) is 0 Å². The number of pyridine rings is 1. The number of hydrogen-bond donors (Lipinski definition) is 2. The summed E-state index contributed by atoms with van der Waals surface area (Å²) in [4.78, 5) is 4.13. The predicted molar refractivity (Wildman–Crippen MR) is 75.5 cm³/mol. The van der Waals surface area contributed by atoms with Gasteiger partial charge in [-0.3, -0.25) is 4.98 Å². The van der Waals surface area contributed by atoms with E-state index >= 15 is 0 Å². The van der Waals surface area contributed by atoms with E-state index in [1.165, 1.54) is 25.1 Å². The maximum absolute atomic E-state index is 12.1. The Kier molecular flexibility index (Phi) is 5.47. The Labute approximate surface area is 119 Å². The van der Waals surface area contributed by atoms with E-state index in [1.54, 1.807) is 6.07 Å². The molecule has 1 aromatic rings. The van der Waals surface area contributed by atoms with Crippen molar-refractivity contribution in [3.8, 4) is 0 Å². The largest absolute Gasteiger partial charge is 0.381 e. The molecule has 0 amide bonds. The molecule has 0 aliphatic heterocycles. The molecule has 0 bridgehead atoms. The summed E-state index contributed by atoms with van der Waals surface area (Å²) in [5.41, 5.74) is 5.88. The first kappa shape index (κ1) is 15.4. The van der Waals surface area contributed by atoms with Gasteiger partial charge in [0.2, 0.25) is 10.0 Å². The molecule has 1 aromatic heterocycles. The second-order valence-electron chi connectivity index (χ2n) is 4.92. The molecule has 1 heterocycles. The summed E-state index contributed by atoms with van der Waals surface area (Å²) < 4.78 is 32.2. The van der Waals surface area contributed by atoms with E-state index in [4.69, 9.17) is 10.5 Å². The first-order valence-electron chi connectivity index (χ1n) is 6.85. The van der Waals surface area contributed by atoms with Crippen LogP contribution >= 0.6 is 0 Å². The third-order valence-corrected chi connectivity index (χ3v) is 4.67. The Balaban J connectivity index is 1.77. The van der Waals surface area contributed by atoms with Crippen LogP contribution < -0.4 is 10.5 Å². The molecule has 0 radical (unpaired) electrons. The fraction of sp³-hybridized carbons (Fsp3) is 0.615. The molecule has 0 aromatic carbocycles. The van der Waals surface area contributed by atoms with Crippen LogP contribution in [0.5, 0.6) is 0 Å². The number of nitrogens with two attached hydrogens (primary N) is 1. The van der Waals surface area contributed by atoms with Crippen molar-refractivity contribution in [1.29, 1.82) is 0 Å². The molecule has 1 saturated carbocycles. The Morgan fingerprint density at radius 2 is 2.25 bits per heavy atom. The van der Waals surface area contributed by atoms with Crippen LogP contribution in [-0.4, -0.2) is 33.2 Å². The van der Waals surface area contributed by atoms with Gasteiger partial charge in [0.1, 0.15) is 4.90 Å². The lowest BCUT2D eigenvalue weighted by Crippen LogP contribution is -2.27. The molecule has 7 heteroatoms. The summed E-state index contributed by atoms with van der Waals surface area (Å²) in [7, 11) is -3.54. The highest BCUT2D eigenvalue weighted by atomic mass is 32.2. The maximum Gasteiger partial charge on any atom is 0.242 e. The minimum absolute atomic E-state index is 0.0988. The van der Waals surface area contributed by atoms with Gasteiger partial charge in [-0.05, 0) is 37.3 Å². The number of rotatable bonds is 9. The Morgan fingerprint density at radius 3 is 2.95 bits per heavy atom. The second kappa shape index (κ2) is 7.12. The third kappa shape index (κ3) is 4.52. The molecule has 6 nitrogen and oxygen atoms in total. The number of hydrogen-bond acceptors (Lipinski definition) is 5. The summed E-state index contributed by atoms with van der Waals surface area (Å²) in [5, 5.41) is 0. The first-order valence-corrected chi connectivity index (χ1v) is 8.33. The predicted octanol–water partition coefficient (Wildman–Crippen LogP) is 0.635. The SMILES string of the molecule is NCc1ncccc1S(=O)(=O)NCCCOCC1CC1. The van der Waals surface area contributed by atoms with Crippen LogP contribution in [0, 0.1) is 5.92 Å². The molecular weight excluding hydrogens is 278 g/mol. The van der Waals surface area contributed by atoms with E-state index in [1.807, 2.05) is 0 Å². The number of nitrogens with one attached hydrogen (secondary N) is 1. The van der Waals surface area contributed by atoms with Crippen LogP contribution in [0.3, 0.4) is 0 Å². The van der Waals surface area contributed by atoms with Crippen LogP contribution in [-0.2, 0) is 21.3 Å². The lowest BCUT2D eigenvalue weighted by molar-refractivity contribution is 0.123. The molecular formula is C13H21N3O3S. The average molecular weight is 299 g/mol. The average Bonchev–Trinajstić information content (AvgIpc) is 3.26. The van der Waals surface area contributed by atoms with Gasteiger partial charge >= 0.3 is 0 Å². The van der Waals surface area contributed by atoms with Crippen LogP contribution in [0.15, 0.2) is 23.2 Å². The smallest absolute Gasteiger partial charge is 0.242 e. The molecule has 1 fully saturated rings. The second-order valence-corrected chi connectivity index (χ2v) is 6.66. The summed E-state index contributed by atoms with van der Waals surface area (Å²) in [6.45, 7) is 1.83. The van der Waals surface area contributed by atoms with Gasteiger partial charge in [-0.15, -0.1) is 0 Å². The van der Waals surface area contributed by atoms with E-state index in [0.29, 0.717) is 25.3 Å². The molecule has 112 valence electrons. The molecule has 20 heavy (non-hydrogen) atoms. The monoisotopic (exact) mass is 299 g/mol. The van der Waals surface area contributed by atoms with Crippen LogP contribution in [0.2, 0.25) is 0 Å². The Hall–Kier alpha value is -1.02. The van der Waals surface area contributed by atoms with Crippen LogP contribution in [0.1, 0.15) is 25.0 Å². The summed E-state index contributed by atoms with van der Waals surface area (Å²) in [5.74, 6) is 0.731. The minimum Gasteiger partial charge on any atom is -0.381 e. The molecule has 1 aliphatic carbocycles. The topological polar surface area (TPSA) is 94.3 Å². The van der Waals surface area contributed by atoms with Crippen LogP contribution in [0.25, 0.3) is 0 Å². The van der Waals surface area contributed by atoms with E-state index in [-0.39, 0.29) is 11.4 Å². The molecule has 0 unspecified atom stereocenters. The Bertz CT molecular complexity index is 529. The van der Waals surface area contributed by atoms with E-state index in [9.17, 15) is 8.42 Å². The van der Waals surface area contributed by atoms with Gasteiger partial charge in [-0.2, -0.15) is 0 Å². The van der Waals surface area contributed by atoms with Crippen molar-refractivity contribution in [3.05, 3.63) is 24.0 Å². The van der Waals surface area contributed by atoms with Crippen molar-refractivity contribution in [2.75, 3.05) is 19.8 Å². The highest BCUT2D eigenvalue weighted by molar-refractivity contribution is 7.89. The zero-order chi connectivity index (χ0) is 14.4. The fourth-order valence-corrected chi connectivity index (χ4v) is 3.09. The molecule has 2 rings (SSSR count). The van der Waals surface area contributed by atoms with Crippen molar-refractivity contribution in [3.63, 3.8) is 0 Å². The van der Waals surface area contributed by atoms with E-state index in [0.717, 1.165) is 12.5 Å². The van der Waals surface area contributed by atoms with Crippen molar-refractivity contribution in [2.45, 2.75) is 30.7 Å². The number of aromatic nitrogens is 1. The van der Waals surface area contributed by atoms with Crippen molar-refractivity contribution in [2.24, 2.45) is 11.7 Å². The Morgan fingerprint density at radius 1 is 1.45 bits per heavy atom. The fourth-order valence-electron chi connectivity index (χ4n) is 1.81. The zero-order valence-corrected chi connectivity index (χ0v) is 12.2. The highest BCUT2D eigenvalue weighted by Gasteiger charge is 2.21. The minimum atomic E-state index is -3.54. The normalized spacial score (nSPS) is 15.4. The summed E-state index contributed by atoms with van der Waals surface area (Å²) in [6.07, 6.45) is 4.71. The molecule has 0 atom stereocenters. The summed E-state index contributed by atoms with van der Waals surface area (Å²) in [6, 6.07) is 3.10. The lowest BCUT2D eigenvalue weighted by atomic mass is 10.3. The zero-order valence-electron chi connectivity index (χ0n) is 11.4. The maximum atomic E-state index is 12.1. The van der Waals surface area contributed by atoms with Gasteiger partial charge in [0.25, 0.3) is 0 Å². The number of ether oxygens (including phenoxy) is 1. The highest BCUT2D eigenvalue weighted by Crippen LogP contribution is 2.28. The van der Waals surface area contributed by atoms with Crippen molar-refractivity contribution in [1.82, 2.24) is 9.71 Å². The van der Waals surface area contributed by atoms with Crippen molar-refractivity contribution >= 4 is 10.0 Å². The van der Waals surface area contributed by atoms with Gasteiger partial charge < -0.3 is 10.5 Å². The molecule has 0 saturated heterocycles. The molecule has 3 N–H and O–H groups in total.